The molecule has 1 heterocycles. The molecule has 31 heavy (non-hydrogen) atoms. The summed E-state index contributed by atoms with van der Waals surface area (Å²) in [4.78, 5) is 0. The summed E-state index contributed by atoms with van der Waals surface area (Å²) in [5.41, 5.74) is 5.13. The van der Waals surface area contributed by atoms with Crippen molar-refractivity contribution in [1.29, 1.82) is 0 Å². The number of aryl methyl sites for hydroxylation is 2. The highest BCUT2D eigenvalue weighted by atomic mass is 16.3. The minimum absolute atomic E-state index is 0.00688. The second-order valence-corrected chi connectivity index (χ2v) is 11.9. The van der Waals surface area contributed by atoms with Crippen molar-refractivity contribution >= 4 is 6.08 Å². The van der Waals surface area contributed by atoms with Crippen LogP contribution in [0.5, 0.6) is 0 Å². The summed E-state index contributed by atoms with van der Waals surface area (Å²) >= 11 is 0. The molecule has 0 spiro atoms. The number of hydrogen-bond donors (Lipinski definition) is 2. The second kappa shape index (κ2) is 7.45. The molecule has 0 saturated heterocycles. The highest BCUT2D eigenvalue weighted by Crippen LogP contribution is 2.67. The van der Waals surface area contributed by atoms with E-state index >= 15 is 0 Å². The van der Waals surface area contributed by atoms with E-state index in [9.17, 15) is 10.2 Å². The van der Waals surface area contributed by atoms with E-state index in [0.29, 0.717) is 17.3 Å². The monoisotopic (exact) mass is 426 g/mol. The van der Waals surface area contributed by atoms with Gasteiger partial charge in [-0.15, -0.1) is 0 Å². The summed E-state index contributed by atoms with van der Waals surface area (Å²) in [6, 6.07) is 0. The van der Waals surface area contributed by atoms with Gasteiger partial charge in [-0.05, 0) is 113 Å². The summed E-state index contributed by atoms with van der Waals surface area (Å²) in [6.07, 6.45) is 11.0. The van der Waals surface area contributed by atoms with Gasteiger partial charge in [0, 0.05) is 23.2 Å². The second-order valence-electron chi connectivity index (χ2n) is 11.9. The Balaban J connectivity index is 1.46. The van der Waals surface area contributed by atoms with Crippen LogP contribution >= 0.6 is 0 Å². The van der Waals surface area contributed by atoms with Crippen LogP contribution in [0.3, 0.4) is 0 Å². The molecule has 1 aromatic rings. The van der Waals surface area contributed by atoms with Gasteiger partial charge in [-0.2, -0.15) is 5.10 Å². The number of aliphatic hydroxyl groups is 2. The fourth-order valence-corrected chi connectivity index (χ4v) is 8.65. The largest absolute Gasteiger partial charge is 0.393 e. The van der Waals surface area contributed by atoms with Crippen LogP contribution in [0.4, 0.5) is 0 Å². The van der Waals surface area contributed by atoms with E-state index in [-0.39, 0.29) is 17.6 Å². The molecule has 0 aliphatic heterocycles. The van der Waals surface area contributed by atoms with Crippen molar-refractivity contribution in [3.8, 4) is 0 Å². The summed E-state index contributed by atoms with van der Waals surface area (Å²) in [6.45, 7) is 12.2. The maximum absolute atomic E-state index is 11.5. The molecule has 8 atom stereocenters. The molecule has 4 nitrogen and oxygen atoms in total. The molecule has 0 amide bonds. The molecule has 4 aliphatic rings. The first-order valence-corrected chi connectivity index (χ1v) is 12.8. The predicted octanol–water partition coefficient (Wildman–Crippen LogP) is 5.28. The van der Waals surface area contributed by atoms with Crippen molar-refractivity contribution in [2.75, 3.05) is 0 Å². The van der Waals surface area contributed by atoms with Crippen LogP contribution in [0.1, 0.15) is 89.1 Å². The van der Waals surface area contributed by atoms with Gasteiger partial charge in [-0.1, -0.05) is 13.8 Å². The van der Waals surface area contributed by atoms with E-state index in [0.717, 1.165) is 49.8 Å². The molecule has 4 fully saturated rings. The molecule has 0 unspecified atom stereocenters. The summed E-state index contributed by atoms with van der Waals surface area (Å²) in [5.74, 6) is 2.75. The van der Waals surface area contributed by atoms with Gasteiger partial charge in [0.2, 0.25) is 0 Å². The highest BCUT2D eigenvalue weighted by molar-refractivity contribution is 5.59. The van der Waals surface area contributed by atoms with Crippen LogP contribution < -0.4 is 0 Å². The minimum Gasteiger partial charge on any atom is -0.393 e. The smallest absolute Gasteiger partial charge is 0.0809 e. The molecule has 1 aromatic heterocycles. The molecule has 0 aromatic carbocycles. The van der Waals surface area contributed by atoms with Crippen LogP contribution in [0.25, 0.3) is 6.08 Å². The zero-order valence-electron chi connectivity index (χ0n) is 20.2. The predicted molar refractivity (Wildman–Crippen MR) is 124 cm³/mol. The van der Waals surface area contributed by atoms with Crippen LogP contribution in [0.2, 0.25) is 0 Å². The van der Waals surface area contributed by atoms with E-state index in [1.807, 2.05) is 0 Å². The maximum Gasteiger partial charge on any atom is 0.0809 e. The quantitative estimate of drug-likeness (QED) is 0.677. The molecule has 4 aliphatic carbocycles. The van der Waals surface area contributed by atoms with E-state index in [4.69, 9.17) is 5.10 Å². The number of rotatable bonds is 2. The van der Waals surface area contributed by atoms with Crippen LogP contribution in [-0.4, -0.2) is 32.2 Å². The lowest BCUT2D eigenvalue weighted by molar-refractivity contribution is -0.133. The Bertz CT molecular complexity index is 888. The van der Waals surface area contributed by atoms with Crippen LogP contribution in [0.15, 0.2) is 5.57 Å². The Labute approximate surface area is 188 Å². The van der Waals surface area contributed by atoms with Gasteiger partial charge in [0.15, 0.2) is 0 Å². The number of aliphatic hydroxyl groups excluding tert-OH is 2. The fourth-order valence-electron chi connectivity index (χ4n) is 8.65. The first-order chi connectivity index (χ1) is 14.7. The lowest BCUT2D eigenvalue weighted by Crippen LogP contribution is -2.54. The topological polar surface area (TPSA) is 58.3 Å². The average molecular weight is 427 g/mol. The third kappa shape index (κ3) is 3.11. The van der Waals surface area contributed by atoms with Gasteiger partial charge in [-0.3, -0.25) is 4.68 Å². The summed E-state index contributed by atoms with van der Waals surface area (Å²) < 4.78 is 2.08. The molecule has 172 valence electrons. The van der Waals surface area contributed by atoms with Crippen molar-refractivity contribution in [3.05, 3.63) is 22.5 Å². The van der Waals surface area contributed by atoms with Crippen molar-refractivity contribution in [3.63, 3.8) is 0 Å². The van der Waals surface area contributed by atoms with Crippen molar-refractivity contribution in [1.82, 2.24) is 9.78 Å². The molecular formula is C27H42N2O2. The van der Waals surface area contributed by atoms with Gasteiger partial charge in [0.25, 0.3) is 0 Å². The molecule has 0 bridgehead atoms. The molecule has 0 radical (unpaired) electrons. The molecule has 4 heteroatoms. The van der Waals surface area contributed by atoms with Crippen molar-refractivity contribution < 1.29 is 10.2 Å². The third-order valence-corrected chi connectivity index (χ3v) is 10.6. The first-order valence-electron chi connectivity index (χ1n) is 12.8. The van der Waals surface area contributed by atoms with Gasteiger partial charge >= 0.3 is 0 Å². The van der Waals surface area contributed by atoms with Gasteiger partial charge in [0.1, 0.15) is 0 Å². The van der Waals surface area contributed by atoms with Gasteiger partial charge < -0.3 is 10.2 Å². The molecule has 5 rings (SSSR count). The van der Waals surface area contributed by atoms with Crippen LogP contribution in [0, 0.1) is 48.3 Å². The fraction of sp³-hybridized carbons (Fsp3) is 0.815. The van der Waals surface area contributed by atoms with Gasteiger partial charge in [-0.25, -0.2) is 0 Å². The number of hydrogen-bond acceptors (Lipinski definition) is 3. The molecular weight excluding hydrogens is 384 g/mol. The van der Waals surface area contributed by atoms with Crippen molar-refractivity contribution in [2.45, 2.75) is 105 Å². The molecule has 4 saturated carbocycles. The van der Waals surface area contributed by atoms with E-state index in [1.54, 1.807) is 0 Å². The van der Waals surface area contributed by atoms with E-state index in [2.05, 4.69) is 45.4 Å². The van der Waals surface area contributed by atoms with Crippen LogP contribution in [-0.2, 0) is 6.54 Å². The summed E-state index contributed by atoms with van der Waals surface area (Å²) in [7, 11) is 0. The zero-order valence-corrected chi connectivity index (χ0v) is 20.2. The Kier molecular flexibility index (Phi) is 5.21. The maximum atomic E-state index is 11.5. The Hall–Kier alpha value is -1.13. The Morgan fingerprint density at radius 3 is 2.48 bits per heavy atom. The Morgan fingerprint density at radius 1 is 1.03 bits per heavy atom. The standard InChI is InChI=1S/C27H42N2O2/c1-6-29-17(3)22(16(2)28-29)13-18-14-24-21-8-7-19-15-20(30)9-11-26(19,4)23(21)10-12-27(24,5)25(18)31/h13,19-21,23-25,30-31H,6-12,14-15H2,1-5H3/b18-13+/t19-,20+,21-,23+,24+,25-,26+,27+/m1/s1. The third-order valence-electron chi connectivity index (χ3n) is 10.6. The highest BCUT2D eigenvalue weighted by Gasteiger charge is 2.61. The normalized spacial score (nSPS) is 46.0. The number of aromatic nitrogens is 2. The van der Waals surface area contributed by atoms with E-state index < -0.39 is 0 Å². The molecule has 2 N–H and O–H groups in total. The lowest BCUT2D eigenvalue weighted by Gasteiger charge is -2.60. The van der Waals surface area contributed by atoms with Crippen molar-refractivity contribution in [2.24, 2.45) is 34.5 Å². The average Bonchev–Trinajstić information content (AvgIpc) is 3.16. The summed E-state index contributed by atoms with van der Waals surface area (Å²) in [5, 5.41) is 26.5. The number of fused-ring (bicyclic) bond motifs is 5. The Morgan fingerprint density at radius 2 is 1.77 bits per heavy atom. The van der Waals surface area contributed by atoms with Gasteiger partial charge in [0.05, 0.1) is 17.9 Å². The van der Waals surface area contributed by atoms with E-state index in [1.165, 1.54) is 42.5 Å². The number of nitrogens with zero attached hydrogens (tertiary/aromatic N) is 2. The minimum atomic E-state index is -0.332. The zero-order chi connectivity index (χ0) is 22.1. The lowest BCUT2D eigenvalue weighted by atomic mass is 9.45. The first kappa shape index (κ1) is 21.7. The SMILES string of the molecule is CCn1nc(C)c(/C=C2\C[C@H]3[C@@H]4CC[C@@H]5C[C@@H](O)CC[C@]5(C)[C@H]4CC[C@]3(C)[C@@H]2O)c1C.